The van der Waals surface area contributed by atoms with Crippen LogP contribution in [0.1, 0.15) is 38.1 Å². The Morgan fingerprint density at radius 2 is 1.80 bits per heavy atom. The predicted octanol–water partition coefficient (Wildman–Crippen LogP) is 2.93. The Morgan fingerprint density at radius 3 is 2.30 bits per heavy atom. The van der Waals surface area contributed by atoms with E-state index in [0.29, 0.717) is 0 Å². The van der Waals surface area contributed by atoms with E-state index in [9.17, 15) is 9.59 Å². The number of esters is 1. The third kappa shape index (κ3) is 5.36. The van der Waals surface area contributed by atoms with Crippen molar-refractivity contribution in [2.45, 2.75) is 33.2 Å². The van der Waals surface area contributed by atoms with Crippen LogP contribution in [0.5, 0.6) is 5.75 Å². The number of nitrogens with zero attached hydrogens (tertiary/aromatic N) is 1. The van der Waals surface area contributed by atoms with E-state index in [2.05, 4.69) is 5.43 Å². The van der Waals surface area contributed by atoms with Gasteiger partial charge in [-0.05, 0) is 32.9 Å². The number of carbonyl (C=O) groups excluding carboxylic acids is 2. The van der Waals surface area contributed by atoms with E-state index >= 15 is 0 Å². The van der Waals surface area contributed by atoms with E-state index in [1.807, 2.05) is 20.8 Å². The first-order valence-electron chi connectivity index (χ1n) is 5.76. The number of hydrazine groups is 1. The van der Waals surface area contributed by atoms with Crippen molar-refractivity contribution in [3.05, 3.63) is 29.8 Å². The summed E-state index contributed by atoms with van der Waals surface area (Å²) in [5.74, 6) is -0.730. The highest BCUT2D eigenvalue weighted by atomic mass is 35.5. The largest absolute Gasteiger partial charge is 0.426 e. The maximum atomic E-state index is 12.1. The molecule has 5 nitrogen and oxygen atoms in total. The number of hydrogen-bond donors (Lipinski definition) is 1. The topological polar surface area (TPSA) is 58.6 Å². The average molecular weight is 321 g/mol. The van der Waals surface area contributed by atoms with Gasteiger partial charge in [0.05, 0.1) is 5.56 Å². The molecule has 7 heteroatoms. The molecule has 0 radical (unpaired) electrons. The summed E-state index contributed by atoms with van der Waals surface area (Å²) in [5.41, 5.74) is 2.32. The molecule has 0 aliphatic heterocycles. The summed E-state index contributed by atoms with van der Waals surface area (Å²) in [5, 5.41) is 0. The van der Waals surface area contributed by atoms with Crippen LogP contribution < -0.4 is 10.2 Å². The van der Waals surface area contributed by atoms with Crippen LogP contribution in [-0.2, 0) is 4.79 Å². The van der Waals surface area contributed by atoms with Gasteiger partial charge in [-0.2, -0.15) is 0 Å². The van der Waals surface area contributed by atoms with Gasteiger partial charge < -0.3 is 4.74 Å². The first-order valence-corrected chi connectivity index (χ1v) is 6.10. The zero-order valence-corrected chi connectivity index (χ0v) is 13.3. The summed E-state index contributed by atoms with van der Waals surface area (Å²) in [7, 11) is 0. The van der Waals surface area contributed by atoms with Crippen LogP contribution in [0.4, 0.5) is 0 Å². The predicted molar refractivity (Wildman–Crippen MR) is 79.9 cm³/mol. The second-order valence-corrected chi connectivity index (χ2v) is 5.32. The highest BCUT2D eigenvalue weighted by molar-refractivity contribution is 6.15. The summed E-state index contributed by atoms with van der Waals surface area (Å²) in [6.45, 7) is 6.81. The van der Waals surface area contributed by atoms with Gasteiger partial charge in [0, 0.05) is 24.2 Å². The van der Waals surface area contributed by atoms with E-state index < -0.39 is 17.4 Å². The second kappa shape index (κ2) is 7.47. The van der Waals surface area contributed by atoms with E-state index in [-0.39, 0.29) is 23.7 Å². The molecule has 1 N–H and O–H groups in total. The number of benzene rings is 1. The minimum absolute atomic E-state index is 0. The Morgan fingerprint density at radius 1 is 1.25 bits per heavy atom. The van der Waals surface area contributed by atoms with Crippen LogP contribution >= 0.6 is 24.2 Å². The third-order valence-electron chi connectivity index (χ3n) is 2.17. The summed E-state index contributed by atoms with van der Waals surface area (Å²) < 4.78 is 6.15. The highest BCUT2D eigenvalue weighted by Crippen LogP contribution is 2.19. The molecule has 0 spiro atoms. The summed E-state index contributed by atoms with van der Waals surface area (Å²) >= 11 is 5.95. The van der Waals surface area contributed by atoms with Gasteiger partial charge in [-0.1, -0.05) is 12.1 Å². The second-order valence-electron chi connectivity index (χ2n) is 4.98. The van der Waals surface area contributed by atoms with E-state index in [0.717, 1.165) is 0 Å². The standard InChI is InChI=1S/C13H17ClN2O3.ClH/c1-9(17)19-11-8-6-5-7-10(11)12(18)15-16(14)13(2,3)4;/h5-8H,1-4H3,(H,15,18);1H. The van der Waals surface area contributed by atoms with Crippen LogP contribution in [-0.4, -0.2) is 21.9 Å². The fraction of sp³-hybridized carbons (Fsp3) is 0.385. The van der Waals surface area contributed by atoms with Crippen molar-refractivity contribution in [3.8, 4) is 5.75 Å². The number of carbonyl (C=O) groups is 2. The molecule has 1 amide bonds. The van der Waals surface area contributed by atoms with Crippen molar-refractivity contribution in [2.24, 2.45) is 0 Å². The molecule has 1 aromatic rings. The quantitative estimate of drug-likeness (QED) is 0.402. The molecule has 1 aromatic carbocycles. The van der Waals surface area contributed by atoms with E-state index in [1.54, 1.807) is 24.3 Å². The molecule has 0 saturated heterocycles. The molecule has 0 bridgehead atoms. The maximum Gasteiger partial charge on any atom is 0.308 e. The maximum absolute atomic E-state index is 12.1. The minimum atomic E-state index is -0.487. The molecule has 0 fully saturated rings. The Bertz CT molecular complexity index is 487. The lowest BCUT2D eigenvalue weighted by Crippen LogP contribution is -2.46. The lowest BCUT2D eigenvalue weighted by atomic mass is 10.1. The van der Waals surface area contributed by atoms with Gasteiger partial charge in [-0.25, -0.2) is 0 Å². The molecule has 0 saturated carbocycles. The summed E-state index contributed by atoms with van der Waals surface area (Å²) in [6, 6.07) is 6.46. The Kier molecular flexibility index (Phi) is 6.99. The number of para-hydroxylation sites is 1. The summed E-state index contributed by atoms with van der Waals surface area (Å²) in [4.78, 5) is 23.1. The molecule has 112 valence electrons. The molecular formula is C13H18Cl2N2O3. The van der Waals surface area contributed by atoms with Gasteiger partial charge >= 0.3 is 5.97 Å². The minimum Gasteiger partial charge on any atom is -0.426 e. The van der Waals surface area contributed by atoms with Gasteiger partial charge in [0.25, 0.3) is 5.91 Å². The molecule has 0 atom stereocenters. The fourth-order valence-electron chi connectivity index (χ4n) is 1.22. The van der Waals surface area contributed by atoms with Crippen molar-refractivity contribution in [2.75, 3.05) is 0 Å². The van der Waals surface area contributed by atoms with Gasteiger partial charge in [0.1, 0.15) is 5.75 Å². The molecular weight excluding hydrogens is 303 g/mol. The number of amides is 1. The Hall–Kier alpha value is -1.30. The fourth-order valence-corrected chi connectivity index (χ4v) is 1.29. The van der Waals surface area contributed by atoms with Crippen molar-refractivity contribution in [3.63, 3.8) is 0 Å². The van der Waals surface area contributed by atoms with Crippen LogP contribution in [0.2, 0.25) is 0 Å². The van der Waals surface area contributed by atoms with Crippen LogP contribution in [0.3, 0.4) is 0 Å². The Balaban J connectivity index is 0.00000361. The molecule has 0 heterocycles. The number of rotatable bonds is 3. The van der Waals surface area contributed by atoms with Crippen LogP contribution in [0.25, 0.3) is 0 Å². The lowest BCUT2D eigenvalue weighted by molar-refractivity contribution is -0.131. The van der Waals surface area contributed by atoms with Crippen LogP contribution in [0, 0.1) is 0 Å². The number of hydrogen-bond acceptors (Lipinski definition) is 4. The molecule has 0 aromatic heterocycles. The van der Waals surface area contributed by atoms with Crippen molar-refractivity contribution >= 4 is 36.1 Å². The third-order valence-corrected chi connectivity index (χ3v) is 2.77. The smallest absolute Gasteiger partial charge is 0.308 e. The van der Waals surface area contributed by atoms with Crippen molar-refractivity contribution in [1.82, 2.24) is 9.95 Å². The van der Waals surface area contributed by atoms with Gasteiger partial charge in [-0.3, -0.25) is 15.0 Å². The van der Waals surface area contributed by atoms with Gasteiger partial charge in [-0.15, -0.1) is 16.9 Å². The van der Waals surface area contributed by atoms with E-state index in [1.165, 1.54) is 11.5 Å². The SMILES string of the molecule is CC(=O)Oc1ccccc1C(=O)NN(Cl)C(C)(C)C.Cl. The van der Waals surface area contributed by atoms with Crippen molar-refractivity contribution in [1.29, 1.82) is 0 Å². The molecule has 1 rings (SSSR count). The molecule has 20 heavy (non-hydrogen) atoms. The van der Waals surface area contributed by atoms with Gasteiger partial charge in [0.2, 0.25) is 0 Å². The molecule has 0 aliphatic rings. The van der Waals surface area contributed by atoms with Crippen LogP contribution in [0.15, 0.2) is 24.3 Å². The molecule has 0 aliphatic carbocycles. The first kappa shape index (κ1) is 18.7. The number of ether oxygens (including phenoxy) is 1. The normalized spacial score (nSPS) is 10.7. The number of nitrogens with one attached hydrogen (secondary N) is 1. The zero-order chi connectivity index (χ0) is 14.6. The monoisotopic (exact) mass is 320 g/mol. The molecule has 0 unspecified atom stereocenters. The average Bonchev–Trinajstić information content (AvgIpc) is 2.27. The zero-order valence-electron chi connectivity index (χ0n) is 11.8. The van der Waals surface area contributed by atoms with Gasteiger partial charge in [0.15, 0.2) is 0 Å². The number of halogens is 2. The van der Waals surface area contributed by atoms with Crippen molar-refractivity contribution < 1.29 is 14.3 Å². The summed E-state index contributed by atoms with van der Waals surface area (Å²) in [6.07, 6.45) is 0. The lowest BCUT2D eigenvalue weighted by Gasteiger charge is -2.28. The van der Waals surface area contributed by atoms with E-state index in [4.69, 9.17) is 16.5 Å². The first-order chi connectivity index (χ1) is 8.71. The highest BCUT2D eigenvalue weighted by Gasteiger charge is 2.23. The Labute approximate surface area is 129 Å².